The Hall–Kier alpha value is -1.43. The van der Waals surface area contributed by atoms with Crippen molar-refractivity contribution in [3.8, 4) is 0 Å². The van der Waals surface area contributed by atoms with Crippen LogP contribution in [0, 0.1) is 5.82 Å². The lowest BCUT2D eigenvalue weighted by molar-refractivity contribution is -0.129. The summed E-state index contributed by atoms with van der Waals surface area (Å²) in [6, 6.07) is 4.48. The SMILES string of the molecule is C[C@@H](C(=O)N1CCOC1=O)c1ccc(Br)cc1F. The highest BCUT2D eigenvalue weighted by Gasteiger charge is 2.33. The van der Waals surface area contributed by atoms with Gasteiger partial charge in [0.05, 0.1) is 12.5 Å². The number of halogens is 2. The molecule has 18 heavy (non-hydrogen) atoms. The first-order valence-corrected chi connectivity index (χ1v) is 6.23. The van der Waals surface area contributed by atoms with Crippen molar-refractivity contribution in [3.05, 3.63) is 34.1 Å². The summed E-state index contributed by atoms with van der Waals surface area (Å²) >= 11 is 3.15. The molecule has 0 spiro atoms. The summed E-state index contributed by atoms with van der Waals surface area (Å²) < 4.78 is 19.0. The van der Waals surface area contributed by atoms with Gasteiger partial charge in [-0.05, 0) is 19.1 Å². The van der Waals surface area contributed by atoms with Crippen molar-refractivity contribution in [3.63, 3.8) is 0 Å². The molecule has 1 aliphatic rings. The first-order chi connectivity index (χ1) is 8.50. The monoisotopic (exact) mass is 315 g/mol. The molecule has 4 nitrogen and oxygen atoms in total. The molecule has 1 aromatic carbocycles. The number of amides is 2. The van der Waals surface area contributed by atoms with Crippen LogP contribution in [0.4, 0.5) is 9.18 Å². The Morgan fingerprint density at radius 2 is 2.28 bits per heavy atom. The minimum absolute atomic E-state index is 0.195. The molecule has 1 fully saturated rings. The van der Waals surface area contributed by atoms with E-state index in [4.69, 9.17) is 0 Å². The van der Waals surface area contributed by atoms with Crippen molar-refractivity contribution in [2.45, 2.75) is 12.8 Å². The molecule has 0 aromatic heterocycles. The average Bonchev–Trinajstić information content (AvgIpc) is 2.74. The molecule has 1 aliphatic heterocycles. The molecule has 0 radical (unpaired) electrons. The van der Waals surface area contributed by atoms with E-state index in [9.17, 15) is 14.0 Å². The van der Waals surface area contributed by atoms with E-state index in [1.165, 1.54) is 12.1 Å². The van der Waals surface area contributed by atoms with Crippen LogP contribution in [0.1, 0.15) is 18.4 Å². The summed E-state index contributed by atoms with van der Waals surface area (Å²) in [6.45, 7) is 1.99. The molecular weight excluding hydrogens is 305 g/mol. The van der Waals surface area contributed by atoms with Gasteiger partial charge in [0.25, 0.3) is 0 Å². The smallest absolute Gasteiger partial charge is 0.416 e. The number of hydrogen-bond acceptors (Lipinski definition) is 3. The van der Waals surface area contributed by atoms with Crippen LogP contribution >= 0.6 is 15.9 Å². The zero-order valence-corrected chi connectivity index (χ0v) is 11.2. The maximum Gasteiger partial charge on any atom is 0.416 e. The first kappa shape index (κ1) is 13.0. The second kappa shape index (κ2) is 5.06. The summed E-state index contributed by atoms with van der Waals surface area (Å²) in [5.41, 5.74) is 0.267. The third kappa shape index (κ3) is 2.38. The molecule has 0 N–H and O–H groups in total. The standard InChI is InChI=1S/C12H11BrFNO3/c1-7(9-3-2-8(13)6-10(9)14)11(16)15-4-5-18-12(15)17/h2-3,6-7H,4-5H2,1H3/t7-/m1/s1. The van der Waals surface area contributed by atoms with E-state index in [-0.39, 0.29) is 18.7 Å². The summed E-state index contributed by atoms with van der Waals surface area (Å²) in [6.07, 6.45) is -0.663. The minimum atomic E-state index is -0.719. The Balaban J connectivity index is 2.22. The molecule has 0 unspecified atom stereocenters. The fourth-order valence-electron chi connectivity index (χ4n) is 1.81. The zero-order valence-electron chi connectivity index (χ0n) is 9.65. The highest BCUT2D eigenvalue weighted by Crippen LogP contribution is 2.25. The normalized spacial score (nSPS) is 16.6. The van der Waals surface area contributed by atoms with Crippen molar-refractivity contribution >= 4 is 27.9 Å². The summed E-state index contributed by atoms with van der Waals surface area (Å²) in [4.78, 5) is 24.3. The van der Waals surface area contributed by atoms with Gasteiger partial charge in [0.15, 0.2) is 0 Å². The van der Waals surface area contributed by atoms with Crippen LogP contribution in [-0.4, -0.2) is 30.1 Å². The van der Waals surface area contributed by atoms with E-state index in [1.54, 1.807) is 13.0 Å². The van der Waals surface area contributed by atoms with E-state index in [1.807, 2.05) is 0 Å². The van der Waals surface area contributed by atoms with Crippen molar-refractivity contribution in [1.82, 2.24) is 4.90 Å². The van der Waals surface area contributed by atoms with Gasteiger partial charge in [0.1, 0.15) is 12.4 Å². The van der Waals surface area contributed by atoms with E-state index >= 15 is 0 Å². The Bertz CT molecular complexity index is 506. The molecule has 0 aliphatic carbocycles. The van der Waals surface area contributed by atoms with Gasteiger partial charge >= 0.3 is 6.09 Å². The Morgan fingerprint density at radius 1 is 1.56 bits per heavy atom. The molecule has 1 atom stereocenters. The third-order valence-corrected chi connectivity index (χ3v) is 3.32. The van der Waals surface area contributed by atoms with Crippen LogP contribution in [0.2, 0.25) is 0 Å². The Kier molecular flexibility index (Phi) is 3.65. The fraction of sp³-hybridized carbons (Fsp3) is 0.333. The lowest BCUT2D eigenvalue weighted by Crippen LogP contribution is -2.35. The van der Waals surface area contributed by atoms with Crippen molar-refractivity contribution in [2.75, 3.05) is 13.2 Å². The number of benzene rings is 1. The van der Waals surface area contributed by atoms with Crippen LogP contribution in [0.15, 0.2) is 22.7 Å². The van der Waals surface area contributed by atoms with Crippen LogP contribution in [0.25, 0.3) is 0 Å². The van der Waals surface area contributed by atoms with E-state index in [2.05, 4.69) is 20.7 Å². The lowest BCUT2D eigenvalue weighted by Gasteiger charge is -2.17. The molecular formula is C12H11BrFNO3. The number of carbonyl (C=O) groups excluding carboxylic acids is 2. The minimum Gasteiger partial charge on any atom is -0.447 e. The second-order valence-electron chi connectivity index (χ2n) is 3.99. The largest absolute Gasteiger partial charge is 0.447 e. The average molecular weight is 316 g/mol. The fourth-order valence-corrected chi connectivity index (χ4v) is 2.15. The van der Waals surface area contributed by atoms with Gasteiger partial charge in [-0.2, -0.15) is 0 Å². The number of rotatable bonds is 2. The Morgan fingerprint density at radius 3 is 2.83 bits per heavy atom. The highest BCUT2D eigenvalue weighted by atomic mass is 79.9. The van der Waals surface area contributed by atoms with E-state index in [0.717, 1.165) is 4.90 Å². The molecule has 1 aromatic rings. The molecule has 2 amide bonds. The lowest BCUT2D eigenvalue weighted by atomic mass is 9.99. The van der Waals surface area contributed by atoms with Gasteiger partial charge in [-0.25, -0.2) is 14.1 Å². The number of imide groups is 1. The predicted molar refractivity (Wildman–Crippen MR) is 65.6 cm³/mol. The van der Waals surface area contributed by atoms with Crippen LogP contribution in [0.5, 0.6) is 0 Å². The van der Waals surface area contributed by atoms with Gasteiger partial charge in [-0.3, -0.25) is 4.79 Å². The van der Waals surface area contributed by atoms with Gasteiger partial charge in [0, 0.05) is 10.0 Å². The van der Waals surface area contributed by atoms with Crippen LogP contribution in [-0.2, 0) is 9.53 Å². The molecule has 1 heterocycles. The van der Waals surface area contributed by atoms with Gasteiger partial charge < -0.3 is 4.74 Å². The predicted octanol–water partition coefficient (Wildman–Crippen LogP) is 2.67. The molecule has 2 rings (SSSR count). The number of hydrogen-bond donors (Lipinski definition) is 0. The molecule has 0 saturated carbocycles. The zero-order chi connectivity index (χ0) is 13.3. The number of carbonyl (C=O) groups is 2. The van der Waals surface area contributed by atoms with Gasteiger partial charge in [0.2, 0.25) is 5.91 Å². The number of ether oxygens (including phenoxy) is 1. The summed E-state index contributed by atoms with van der Waals surface area (Å²) in [5.74, 6) is -1.64. The highest BCUT2D eigenvalue weighted by molar-refractivity contribution is 9.10. The van der Waals surface area contributed by atoms with E-state index < -0.39 is 23.7 Å². The topological polar surface area (TPSA) is 46.6 Å². The Labute approximate surface area is 112 Å². The molecule has 0 bridgehead atoms. The van der Waals surface area contributed by atoms with Gasteiger partial charge in [-0.15, -0.1) is 0 Å². The first-order valence-electron chi connectivity index (χ1n) is 5.44. The molecule has 1 saturated heterocycles. The van der Waals surface area contributed by atoms with E-state index in [0.29, 0.717) is 4.47 Å². The van der Waals surface area contributed by atoms with Gasteiger partial charge in [-0.1, -0.05) is 22.0 Å². The van der Waals surface area contributed by atoms with Crippen molar-refractivity contribution < 1.29 is 18.7 Å². The maximum absolute atomic E-state index is 13.7. The molecule has 96 valence electrons. The number of nitrogens with zero attached hydrogens (tertiary/aromatic N) is 1. The van der Waals surface area contributed by atoms with Crippen LogP contribution in [0.3, 0.4) is 0 Å². The maximum atomic E-state index is 13.7. The summed E-state index contributed by atoms with van der Waals surface area (Å²) in [7, 11) is 0. The van der Waals surface area contributed by atoms with Crippen molar-refractivity contribution in [1.29, 1.82) is 0 Å². The number of cyclic esters (lactones) is 1. The summed E-state index contributed by atoms with van der Waals surface area (Å²) in [5, 5.41) is 0. The van der Waals surface area contributed by atoms with Crippen molar-refractivity contribution in [2.24, 2.45) is 0 Å². The quantitative estimate of drug-likeness (QED) is 0.843. The molecule has 6 heteroatoms. The second-order valence-corrected chi connectivity index (χ2v) is 4.91. The van der Waals surface area contributed by atoms with Crippen LogP contribution < -0.4 is 0 Å². The third-order valence-electron chi connectivity index (χ3n) is 2.83.